The van der Waals surface area contributed by atoms with Gasteiger partial charge < -0.3 is 15.0 Å². The van der Waals surface area contributed by atoms with Crippen LogP contribution in [-0.2, 0) is 19.6 Å². The Bertz CT molecular complexity index is 1150. The molecule has 32 heavy (non-hydrogen) atoms. The average Bonchev–Trinajstić information content (AvgIpc) is 3.05. The molecule has 2 aromatic rings. The van der Waals surface area contributed by atoms with Crippen LogP contribution in [0.5, 0.6) is 0 Å². The van der Waals surface area contributed by atoms with Crippen LogP contribution in [0.1, 0.15) is 41.5 Å². The molecule has 2 heterocycles. The van der Waals surface area contributed by atoms with Crippen LogP contribution < -0.4 is 5.32 Å². The molecule has 0 unspecified atom stereocenters. The lowest BCUT2D eigenvalue weighted by molar-refractivity contribution is -0.120. The van der Waals surface area contributed by atoms with Crippen LogP contribution >= 0.6 is 0 Å². The molecule has 0 bridgehead atoms. The van der Waals surface area contributed by atoms with Crippen molar-refractivity contribution in [3.05, 3.63) is 46.8 Å². The number of aryl methyl sites for hydroxylation is 2. The third kappa shape index (κ3) is 4.68. The first-order valence-electron chi connectivity index (χ1n) is 10.2. The summed E-state index contributed by atoms with van der Waals surface area (Å²) in [5, 5.41) is 2.51. The van der Waals surface area contributed by atoms with E-state index in [0.29, 0.717) is 24.2 Å². The van der Waals surface area contributed by atoms with Gasteiger partial charge in [0.25, 0.3) is 0 Å². The molecule has 1 amide bonds. The highest BCUT2D eigenvalue weighted by Gasteiger charge is 2.38. The van der Waals surface area contributed by atoms with Gasteiger partial charge in [0.15, 0.2) is 11.6 Å². The maximum absolute atomic E-state index is 13.4. The summed E-state index contributed by atoms with van der Waals surface area (Å²) in [6, 6.07) is 2.99. The van der Waals surface area contributed by atoms with Gasteiger partial charge in [0.1, 0.15) is 10.5 Å². The van der Waals surface area contributed by atoms with Crippen molar-refractivity contribution in [1.82, 2.24) is 9.29 Å². The van der Waals surface area contributed by atoms with Gasteiger partial charge in [-0.15, -0.1) is 0 Å². The quantitative estimate of drug-likeness (QED) is 0.632. The number of esters is 1. The molecule has 1 aromatic heterocycles. The molecular formula is C21H25F2N3O5S. The summed E-state index contributed by atoms with van der Waals surface area (Å²) in [4.78, 5) is 27.8. The zero-order valence-corrected chi connectivity index (χ0v) is 18.8. The van der Waals surface area contributed by atoms with Crippen LogP contribution in [0, 0.1) is 31.4 Å². The van der Waals surface area contributed by atoms with E-state index in [2.05, 4.69) is 10.3 Å². The van der Waals surface area contributed by atoms with E-state index in [1.165, 1.54) is 10.4 Å². The van der Waals surface area contributed by atoms with Crippen molar-refractivity contribution < 1.29 is 31.5 Å². The molecule has 8 nitrogen and oxygen atoms in total. The summed E-state index contributed by atoms with van der Waals surface area (Å²) in [5.74, 6) is -4.06. The maximum atomic E-state index is 13.4. The van der Waals surface area contributed by atoms with Gasteiger partial charge in [0, 0.05) is 36.2 Å². The van der Waals surface area contributed by atoms with E-state index in [-0.39, 0.29) is 35.8 Å². The number of hydrogen-bond donors (Lipinski definition) is 2. The number of carbonyl (C=O) groups excluding carboxylic acids is 2. The summed E-state index contributed by atoms with van der Waals surface area (Å²) in [6.07, 6.45) is 0.851. The van der Waals surface area contributed by atoms with Crippen LogP contribution in [0.4, 0.5) is 14.5 Å². The van der Waals surface area contributed by atoms with Crippen molar-refractivity contribution >= 4 is 27.6 Å². The largest absolute Gasteiger partial charge is 0.462 e. The van der Waals surface area contributed by atoms with Crippen LogP contribution in [0.3, 0.4) is 0 Å². The van der Waals surface area contributed by atoms with Crippen molar-refractivity contribution in [3.8, 4) is 0 Å². The van der Waals surface area contributed by atoms with E-state index < -0.39 is 39.5 Å². The third-order valence-electron chi connectivity index (χ3n) is 5.34. The van der Waals surface area contributed by atoms with Crippen molar-refractivity contribution in [3.63, 3.8) is 0 Å². The molecule has 3 rings (SSSR count). The molecule has 1 aliphatic heterocycles. The van der Waals surface area contributed by atoms with Crippen molar-refractivity contribution in [2.75, 3.05) is 25.0 Å². The number of anilines is 1. The predicted molar refractivity (Wildman–Crippen MR) is 113 cm³/mol. The first-order chi connectivity index (χ1) is 15.1. The van der Waals surface area contributed by atoms with E-state index in [0.717, 1.165) is 12.1 Å². The molecule has 0 aliphatic carbocycles. The third-order valence-corrected chi connectivity index (χ3v) is 7.37. The fourth-order valence-electron chi connectivity index (χ4n) is 3.85. The smallest absolute Gasteiger partial charge is 0.341 e. The number of benzene rings is 1. The number of amides is 1. The molecule has 1 fully saturated rings. The summed E-state index contributed by atoms with van der Waals surface area (Å²) in [6.45, 7) is 4.94. The SMILES string of the molecule is CCOC(=O)c1c(C)[nH]c(C)c1S(=O)(=O)N1CCC[C@@H](C(=O)Nc2ccc(F)c(F)c2)C1. The van der Waals surface area contributed by atoms with Gasteiger partial charge in [-0.3, -0.25) is 4.79 Å². The lowest BCUT2D eigenvalue weighted by Gasteiger charge is -2.31. The number of aromatic nitrogens is 1. The van der Waals surface area contributed by atoms with Gasteiger partial charge in [-0.1, -0.05) is 0 Å². The van der Waals surface area contributed by atoms with Crippen molar-refractivity contribution in [2.24, 2.45) is 5.92 Å². The highest BCUT2D eigenvalue weighted by atomic mass is 32.2. The summed E-state index contributed by atoms with van der Waals surface area (Å²) in [5.41, 5.74) is 0.719. The number of piperidine rings is 1. The number of carbonyl (C=O) groups is 2. The fourth-order valence-corrected chi connectivity index (χ4v) is 5.79. The lowest BCUT2D eigenvalue weighted by Crippen LogP contribution is -2.44. The van der Waals surface area contributed by atoms with Gasteiger partial charge in [-0.25, -0.2) is 22.0 Å². The minimum absolute atomic E-state index is 0.0438. The monoisotopic (exact) mass is 469 g/mol. The summed E-state index contributed by atoms with van der Waals surface area (Å²) >= 11 is 0. The van der Waals surface area contributed by atoms with Crippen LogP contribution in [0.2, 0.25) is 0 Å². The first kappa shape index (κ1) is 23.9. The Morgan fingerprint density at radius 1 is 1.22 bits per heavy atom. The van der Waals surface area contributed by atoms with Gasteiger partial charge >= 0.3 is 5.97 Å². The Morgan fingerprint density at radius 3 is 2.59 bits per heavy atom. The van der Waals surface area contributed by atoms with Crippen LogP contribution in [0.15, 0.2) is 23.1 Å². The average molecular weight is 470 g/mol. The van der Waals surface area contributed by atoms with E-state index in [9.17, 15) is 26.8 Å². The normalized spacial score (nSPS) is 17.2. The second kappa shape index (κ2) is 9.37. The number of nitrogens with one attached hydrogen (secondary N) is 2. The second-order valence-corrected chi connectivity index (χ2v) is 9.49. The zero-order chi connectivity index (χ0) is 23.6. The topological polar surface area (TPSA) is 109 Å². The first-order valence-corrected chi connectivity index (χ1v) is 11.6. The molecule has 1 aliphatic rings. The minimum Gasteiger partial charge on any atom is -0.462 e. The number of H-pyrrole nitrogens is 1. The number of ether oxygens (including phenoxy) is 1. The molecule has 2 N–H and O–H groups in total. The Kier molecular flexibility index (Phi) is 6.99. The molecule has 1 atom stereocenters. The van der Waals surface area contributed by atoms with Gasteiger partial charge in [0.2, 0.25) is 15.9 Å². The van der Waals surface area contributed by atoms with Gasteiger partial charge in [-0.05, 0) is 45.7 Å². The Labute approximate surface area is 185 Å². The number of halogens is 2. The van der Waals surface area contributed by atoms with E-state index in [4.69, 9.17) is 4.74 Å². The maximum Gasteiger partial charge on any atom is 0.341 e. The molecular weight excluding hydrogens is 444 g/mol. The van der Waals surface area contributed by atoms with E-state index >= 15 is 0 Å². The standard InChI is InChI=1S/C21H25F2N3O5S/c1-4-31-21(28)18-12(2)24-13(3)19(18)32(29,30)26-9-5-6-14(11-26)20(27)25-15-7-8-16(22)17(23)10-15/h7-8,10,14,24H,4-6,9,11H2,1-3H3,(H,25,27)/t14-/m1/s1. The van der Waals surface area contributed by atoms with Crippen LogP contribution in [0.25, 0.3) is 0 Å². The number of hydrogen-bond acceptors (Lipinski definition) is 5. The van der Waals surface area contributed by atoms with Gasteiger partial charge in [-0.2, -0.15) is 4.31 Å². The number of rotatable bonds is 6. The molecule has 1 aromatic carbocycles. The molecule has 0 spiro atoms. The minimum atomic E-state index is -4.11. The number of sulfonamides is 1. The number of aromatic amines is 1. The highest BCUT2D eigenvalue weighted by molar-refractivity contribution is 7.89. The molecule has 174 valence electrons. The van der Waals surface area contributed by atoms with E-state index in [1.54, 1.807) is 20.8 Å². The predicted octanol–water partition coefficient (Wildman–Crippen LogP) is 3.13. The Morgan fingerprint density at radius 2 is 1.94 bits per heavy atom. The molecule has 0 saturated carbocycles. The Hall–Kier alpha value is -2.79. The Balaban J connectivity index is 1.83. The van der Waals surface area contributed by atoms with Crippen molar-refractivity contribution in [1.29, 1.82) is 0 Å². The van der Waals surface area contributed by atoms with Crippen molar-refractivity contribution in [2.45, 2.75) is 38.5 Å². The lowest BCUT2D eigenvalue weighted by atomic mass is 9.98. The number of nitrogens with zero attached hydrogens (tertiary/aromatic N) is 1. The van der Waals surface area contributed by atoms with Gasteiger partial charge in [0.05, 0.1) is 12.5 Å². The fraction of sp³-hybridized carbons (Fsp3) is 0.429. The second-order valence-electron chi connectivity index (χ2n) is 7.62. The summed E-state index contributed by atoms with van der Waals surface area (Å²) in [7, 11) is -4.11. The zero-order valence-electron chi connectivity index (χ0n) is 18.0. The van der Waals surface area contributed by atoms with Crippen LogP contribution in [-0.4, -0.2) is 49.3 Å². The van der Waals surface area contributed by atoms with E-state index in [1.807, 2.05) is 0 Å². The highest BCUT2D eigenvalue weighted by Crippen LogP contribution is 2.31. The summed E-state index contributed by atoms with van der Waals surface area (Å²) < 4.78 is 59.6. The molecule has 0 radical (unpaired) electrons. The molecule has 11 heteroatoms. The molecule has 1 saturated heterocycles.